The summed E-state index contributed by atoms with van der Waals surface area (Å²) in [5.41, 5.74) is 3.17. The Balaban J connectivity index is 2.15. The standard InChI is InChI=1S/C14H10Cl2N4/c1-2-9-12(15)19-14(20-13(9)16)8-3-4-10-11(7-8)18-6-5-17-10/h3-7H,2H2,1H3. The second-order valence-corrected chi connectivity index (χ2v) is 4.94. The molecule has 0 N–H and O–H groups in total. The Hall–Kier alpha value is -1.78. The number of aromatic nitrogens is 4. The molecule has 2 aromatic heterocycles. The van der Waals surface area contributed by atoms with Gasteiger partial charge < -0.3 is 0 Å². The summed E-state index contributed by atoms with van der Waals surface area (Å²) >= 11 is 12.3. The second-order valence-electron chi connectivity index (χ2n) is 4.22. The van der Waals surface area contributed by atoms with Gasteiger partial charge in [0.15, 0.2) is 5.82 Å². The number of rotatable bonds is 2. The first-order chi connectivity index (χ1) is 9.69. The minimum atomic E-state index is 0.391. The Labute approximate surface area is 125 Å². The van der Waals surface area contributed by atoms with Crippen molar-refractivity contribution in [1.29, 1.82) is 0 Å². The molecule has 2 heterocycles. The van der Waals surface area contributed by atoms with Crippen LogP contribution in [0.15, 0.2) is 30.6 Å². The molecule has 0 atom stereocenters. The predicted octanol–water partition coefficient (Wildman–Crippen LogP) is 3.96. The van der Waals surface area contributed by atoms with Gasteiger partial charge in [0.1, 0.15) is 10.3 Å². The Morgan fingerprint density at radius 1 is 0.950 bits per heavy atom. The van der Waals surface area contributed by atoms with Crippen molar-refractivity contribution in [2.75, 3.05) is 0 Å². The Kier molecular flexibility index (Phi) is 3.51. The van der Waals surface area contributed by atoms with Crippen molar-refractivity contribution in [2.24, 2.45) is 0 Å². The van der Waals surface area contributed by atoms with E-state index in [0.29, 0.717) is 22.6 Å². The third-order valence-corrected chi connectivity index (χ3v) is 3.61. The van der Waals surface area contributed by atoms with Gasteiger partial charge in [-0.2, -0.15) is 0 Å². The largest absolute Gasteiger partial charge is 0.253 e. The molecule has 20 heavy (non-hydrogen) atoms. The van der Waals surface area contributed by atoms with Crippen LogP contribution in [0.4, 0.5) is 0 Å². The molecule has 6 heteroatoms. The first-order valence-corrected chi connectivity index (χ1v) is 6.87. The van der Waals surface area contributed by atoms with Crippen molar-refractivity contribution in [3.8, 4) is 11.4 Å². The van der Waals surface area contributed by atoms with Crippen LogP contribution in [0.25, 0.3) is 22.4 Å². The average Bonchev–Trinajstić information content (AvgIpc) is 2.46. The fourth-order valence-corrected chi connectivity index (χ4v) is 2.61. The molecule has 3 aromatic rings. The van der Waals surface area contributed by atoms with Crippen LogP contribution in [0.2, 0.25) is 10.3 Å². The molecule has 0 saturated carbocycles. The third kappa shape index (κ3) is 2.32. The number of benzene rings is 1. The molecule has 100 valence electrons. The molecule has 1 aromatic carbocycles. The minimum Gasteiger partial charge on any atom is -0.253 e. The molecule has 0 spiro atoms. The van der Waals surface area contributed by atoms with E-state index in [0.717, 1.165) is 22.2 Å². The highest BCUT2D eigenvalue weighted by Crippen LogP contribution is 2.27. The average molecular weight is 305 g/mol. The van der Waals surface area contributed by atoms with Gasteiger partial charge in [-0.05, 0) is 24.6 Å². The van der Waals surface area contributed by atoms with E-state index in [2.05, 4.69) is 19.9 Å². The maximum atomic E-state index is 6.14. The zero-order valence-corrected chi connectivity index (χ0v) is 12.2. The van der Waals surface area contributed by atoms with Crippen LogP contribution >= 0.6 is 23.2 Å². The Morgan fingerprint density at radius 2 is 1.60 bits per heavy atom. The summed E-state index contributed by atoms with van der Waals surface area (Å²) in [4.78, 5) is 17.1. The highest BCUT2D eigenvalue weighted by Gasteiger charge is 2.12. The molecule has 0 bridgehead atoms. The Bertz CT molecular complexity index is 766. The molecule has 0 amide bonds. The van der Waals surface area contributed by atoms with Crippen LogP contribution in [0, 0.1) is 0 Å². The third-order valence-electron chi connectivity index (χ3n) is 2.99. The summed E-state index contributed by atoms with van der Waals surface area (Å²) in [6.07, 6.45) is 4.00. The highest BCUT2D eigenvalue weighted by molar-refractivity contribution is 6.34. The lowest BCUT2D eigenvalue weighted by Crippen LogP contribution is -1.96. The summed E-state index contributed by atoms with van der Waals surface area (Å²) in [5, 5.41) is 0.781. The number of halogens is 2. The van der Waals surface area contributed by atoms with Crippen molar-refractivity contribution in [2.45, 2.75) is 13.3 Å². The monoisotopic (exact) mass is 304 g/mol. The smallest absolute Gasteiger partial charge is 0.162 e. The second kappa shape index (κ2) is 5.31. The lowest BCUT2D eigenvalue weighted by molar-refractivity contribution is 1.05. The summed E-state index contributed by atoms with van der Waals surface area (Å²) < 4.78 is 0. The molecule has 0 aliphatic heterocycles. The molecular formula is C14H10Cl2N4. The highest BCUT2D eigenvalue weighted by atomic mass is 35.5. The van der Waals surface area contributed by atoms with Crippen LogP contribution in [0.3, 0.4) is 0 Å². The number of hydrogen-bond donors (Lipinski definition) is 0. The predicted molar refractivity (Wildman–Crippen MR) is 80.0 cm³/mol. The SMILES string of the molecule is CCc1c(Cl)nc(-c2ccc3nccnc3c2)nc1Cl. The Morgan fingerprint density at radius 3 is 2.25 bits per heavy atom. The molecule has 0 unspecified atom stereocenters. The number of nitrogens with zero attached hydrogens (tertiary/aromatic N) is 4. The quantitative estimate of drug-likeness (QED) is 0.673. The lowest BCUT2D eigenvalue weighted by Gasteiger charge is -2.07. The fraction of sp³-hybridized carbons (Fsp3) is 0.143. The maximum absolute atomic E-state index is 6.14. The molecule has 0 aliphatic carbocycles. The summed E-state index contributed by atoms with van der Waals surface area (Å²) in [5.74, 6) is 0.491. The molecule has 0 fully saturated rings. The molecule has 0 saturated heterocycles. The van der Waals surface area contributed by atoms with E-state index in [1.165, 1.54) is 0 Å². The summed E-state index contributed by atoms with van der Waals surface area (Å²) in [6, 6.07) is 5.62. The van der Waals surface area contributed by atoms with Crippen molar-refractivity contribution in [3.05, 3.63) is 46.5 Å². The van der Waals surface area contributed by atoms with Crippen LogP contribution in [-0.2, 0) is 6.42 Å². The van der Waals surface area contributed by atoms with E-state index in [-0.39, 0.29) is 0 Å². The van der Waals surface area contributed by atoms with Gasteiger partial charge in [-0.25, -0.2) is 9.97 Å². The van der Waals surface area contributed by atoms with Gasteiger partial charge in [0.25, 0.3) is 0 Å². The summed E-state index contributed by atoms with van der Waals surface area (Å²) in [7, 11) is 0. The van der Waals surface area contributed by atoms with E-state index in [1.807, 2.05) is 25.1 Å². The molecular weight excluding hydrogens is 295 g/mol. The zero-order chi connectivity index (χ0) is 14.1. The van der Waals surface area contributed by atoms with Gasteiger partial charge in [-0.1, -0.05) is 30.1 Å². The van der Waals surface area contributed by atoms with Gasteiger partial charge in [-0.15, -0.1) is 0 Å². The molecule has 0 aliphatic rings. The first kappa shape index (κ1) is 13.2. The van der Waals surface area contributed by atoms with E-state index in [4.69, 9.17) is 23.2 Å². The topological polar surface area (TPSA) is 51.6 Å². The summed E-state index contributed by atoms with van der Waals surface area (Å²) in [6.45, 7) is 1.96. The normalized spacial score (nSPS) is 10.9. The zero-order valence-electron chi connectivity index (χ0n) is 10.6. The molecule has 0 radical (unpaired) electrons. The van der Waals surface area contributed by atoms with Crippen molar-refractivity contribution in [3.63, 3.8) is 0 Å². The van der Waals surface area contributed by atoms with Crippen molar-refractivity contribution in [1.82, 2.24) is 19.9 Å². The van der Waals surface area contributed by atoms with E-state index in [9.17, 15) is 0 Å². The van der Waals surface area contributed by atoms with Crippen molar-refractivity contribution >= 4 is 34.2 Å². The lowest BCUT2D eigenvalue weighted by atomic mass is 10.1. The molecule has 4 nitrogen and oxygen atoms in total. The molecule has 3 rings (SSSR count). The van der Waals surface area contributed by atoms with Gasteiger partial charge in [0, 0.05) is 23.5 Å². The number of hydrogen-bond acceptors (Lipinski definition) is 4. The van der Waals surface area contributed by atoms with E-state index >= 15 is 0 Å². The fourth-order valence-electron chi connectivity index (χ4n) is 1.95. The van der Waals surface area contributed by atoms with Crippen LogP contribution in [-0.4, -0.2) is 19.9 Å². The number of fused-ring (bicyclic) bond motifs is 1. The van der Waals surface area contributed by atoms with Gasteiger partial charge >= 0.3 is 0 Å². The van der Waals surface area contributed by atoms with Crippen LogP contribution < -0.4 is 0 Å². The van der Waals surface area contributed by atoms with Gasteiger partial charge in [0.05, 0.1) is 11.0 Å². The minimum absolute atomic E-state index is 0.391. The van der Waals surface area contributed by atoms with Gasteiger partial charge in [-0.3, -0.25) is 9.97 Å². The van der Waals surface area contributed by atoms with Crippen LogP contribution in [0.1, 0.15) is 12.5 Å². The van der Waals surface area contributed by atoms with Crippen molar-refractivity contribution < 1.29 is 0 Å². The van der Waals surface area contributed by atoms with E-state index in [1.54, 1.807) is 12.4 Å². The first-order valence-electron chi connectivity index (χ1n) is 6.12. The maximum Gasteiger partial charge on any atom is 0.162 e. The van der Waals surface area contributed by atoms with E-state index < -0.39 is 0 Å². The van der Waals surface area contributed by atoms with Gasteiger partial charge in [0.2, 0.25) is 0 Å². The van der Waals surface area contributed by atoms with Crippen LogP contribution in [0.5, 0.6) is 0 Å².